The minimum Gasteiger partial charge on any atom is -0.201 e. The van der Waals surface area contributed by atoms with Gasteiger partial charge >= 0.3 is 0 Å². The van der Waals surface area contributed by atoms with Gasteiger partial charge in [-0.25, -0.2) is 4.57 Å². The molecule has 0 aliphatic rings. The molecule has 0 atom stereocenters. The number of hydrogen-bond donors (Lipinski definition) is 0. The summed E-state index contributed by atoms with van der Waals surface area (Å²) in [5, 5.41) is 0. The molecule has 4 rings (SSSR count). The fourth-order valence-corrected chi connectivity index (χ4v) is 4.95. The molecule has 0 amide bonds. The van der Waals surface area contributed by atoms with Crippen LogP contribution in [0.2, 0.25) is 0 Å². The van der Waals surface area contributed by atoms with Gasteiger partial charge in [-0.2, -0.15) is 0 Å². The lowest BCUT2D eigenvalue weighted by molar-refractivity contribution is -0.660. The van der Waals surface area contributed by atoms with Crippen molar-refractivity contribution in [2.45, 2.75) is 41.5 Å². The van der Waals surface area contributed by atoms with Crippen molar-refractivity contribution in [3.63, 3.8) is 0 Å². The summed E-state index contributed by atoms with van der Waals surface area (Å²) >= 11 is 0. The lowest BCUT2D eigenvalue weighted by Gasteiger charge is -2.17. The summed E-state index contributed by atoms with van der Waals surface area (Å²) in [6, 6.07) is 22.2. The minimum atomic E-state index is 1.25. The van der Waals surface area contributed by atoms with Gasteiger partial charge in [0.25, 0.3) is 0 Å². The second kappa shape index (κ2) is 8.15. The number of pyridine rings is 1. The summed E-state index contributed by atoms with van der Waals surface area (Å²) in [4.78, 5) is 0. The first-order valence-corrected chi connectivity index (χ1v) is 11.0. The van der Waals surface area contributed by atoms with E-state index in [4.69, 9.17) is 0 Å². The molecule has 1 aromatic heterocycles. The van der Waals surface area contributed by atoms with Crippen molar-refractivity contribution in [3.05, 3.63) is 100 Å². The average Bonchev–Trinajstić information content (AvgIpc) is 2.71. The van der Waals surface area contributed by atoms with Crippen LogP contribution in [0, 0.1) is 41.5 Å². The highest BCUT2D eigenvalue weighted by atomic mass is 14.9. The molecular weight excluding hydrogens is 374 g/mol. The van der Waals surface area contributed by atoms with E-state index in [1.807, 2.05) is 0 Å². The Bertz CT molecular complexity index is 1270. The fraction of sp³-hybridized carbons (Fsp3) is 0.233. The third-order valence-electron chi connectivity index (χ3n) is 6.59. The highest BCUT2D eigenvalue weighted by molar-refractivity contribution is 5.82. The molecule has 0 unspecified atom stereocenters. The van der Waals surface area contributed by atoms with Crippen LogP contribution in [0.25, 0.3) is 33.5 Å². The maximum Gasteiger partial charge on any atom is 0.213 e. The summed E-state index contributed by atoms with van der Waals surface area (Å²) in [5.41, 5.74) is 15.8. The van der Waals surface area contributed by atoms with Crippen LogP contribution in [0.1, 0.15) is 33.4 Å². The van der Waals surface area contributed by atoms with Gasteiger partial charge in [-0.05, 0) is 97.7 Å². The molecule has 0 bridgehead atoms. The molecular formula is C30H32N+. The maximum atomic E-state index is 2.38. The van der Waals surface area contributed by atoms with Gasteiger partial charge in [-0.1, -0.05) is 48.5 Å². The van der Waals surface area contributed by atoms with E-state index in [9.17, 15) is 0 Å². The van der Waals surface area contributed by atoms with Crippen LogP contribution < -0.4 is 4.57 Å². The van der Waals surface area contributed by atoms with Crippen LogP contribution in [0.5, 0.6) is 0 Å². The van der Waals surface area contributed by atoms with Crippen LogP contribution >= 0.6 is 0 Å². The lowest BCUT2D eigenvalue weighted by atomic mass is 9.87. The number of hydrogen-bond acceptors (Lipinski definition) is 0. The summed E-state index contributed by atoms with van der Waals surface area (Å²) in [6.45, 7) is 13.3. The van der Waals surface area contributed by atoms with Crippen LogP contribution in [0.3, 0.4) is 0 Å². The minimum absolute atomic E-state index is 1.25. The Morgan fingerprint density at radius 2 is 1.13 bits per heavy atom. The molecule has 156 valence electrons. The van der Waals surface area contributed by atoms with Crippen LogP contribution in [0.4, 0.5) is 0 Å². The first kappa shape index (κ1) is 21.1. The van der Waals surface area contributed by atoms with Crippen molar-refractivity contribution < 1.29 is 4.57 Å². The first-order valence-electron chi connectivity index (χ1n) is 11.0. The Morgan fingerprint density at radius 1 is 0.516 bits per heavy atom. The van der Waals surface area contributed by atoms with Gasteiger partial charge in [0.1, 0.15) is 7.05 Å². The molecule has 0 fully saturated rings. The Hall–Kier alpha value is -3.19. The van der Waals surface area contributed by atoms with E-state index in [1.165, 1.54) is 66.9 Å². The van der Waals surface area contributed by atoms with E-state index in [-0.39, 0.29) is 0 Å². The van der Waals surface area contributed by atoms with Crippen LogP contribution in [-0.2, 0) is 7.05 Å². The number of aromatic nitrogens is 1. The topological polar surface area (TPSA) is 3.88 Å². The molecule has 31 heavy (non-hydrogen) atoms. The van der Waals surface area contributed by atoms with E-state index in [0.717, 1.165) is 0 Å². The highest BCUT2D eigenvalue weighted by Crippen LogP contribution is 2.37. The Balaban J connectivity index is 1.98. The molecule has 1 heteroatoms. The number of rotatable bonds is 3. The molecule has 0 spiro atoms. The van der Waals surface area contributed by atoms with Gasteiger partial charge in [0.2, 0.25) is 5.69 Å². The lowest BCUT2D eigenvalue weighted by Crippen LogP contribution is -2.31. The molecule has 0 aliphatic carbocycles. The number of benzene rings is 3. The quantitative estimate of drug-likeness (QED) is 0.313. The zero-order chi connectivity index (χ0) is 22.3. The molecule has 0 radical (unpaired) electrons. The van der Waals surface area contributed by atoms with Gasteiger partial charge < -0.3 is 0 Å². The van der Waals surface area contributed by atoms with Crippen molar-refractivity contribution in [1.82, 2.24) is 0 Å². The smallest absolute Gasteiger partial charge is 0.201 e. The molecule has 0 saturated carbocycles. The molecule has 0 N–H and O–H groups in total. The molecule has 3 aromatic carbocycles. The van der Waals surface area contributed by atoms with Gasteiger partial charge in [0.15, 0.2) is 6.20 Å². The van der Waals surface area contributed by atoms with Crippen molar-refractivity contribution >= 4 is 0 Å². The van der Waals surface area contributed by atoms with Gasteiger partial charge in [0, 0.05) is 17.2 Å². The monoisotopic (exact) mass is 406 g/mol. The molecule has 0 aliphatic heterocycles. The normalized spacial score (nSPS) is 11.1. The Kier molecular flexibility index (Phi) is 5.54. The van der Waals surface area contributed by atoms with Crippen molar-refractivity contribution in [1.29, 1.82) is 0 Å². The third-order valence-corrected chi connectivity index (χ3v) is 6.59. The summed E-state index contributed by atoms with van der Waals surface area (Å²) in [6.07, 6.45) is 2.27. The summed E-state index contributed by atoms with van der Waals surface area (Å²) in [7, 11) is 2.16. The number of aryl methyl sites for hydroxylation is 6. The van der Waals surface area contributed by atoms with Crippen LogP contribution in [0.15, 0.2) is 66.9 Å². The average molecular weight is 407 g/mol. The van der Waals surface area contributed by atoms with E-state index in [2.05, 4.69) is 120 Å². The Labute approximate surface area is 187 Å². The van der Waals surface area contributed by atoms with E-state index in [1.54, 1.807) is 0 Å². The standard InChI is InChI=1S/C30H32N/c1-19-11-8-9-14-25(19)30-22(4)15-16-26(24(30)6)28-17-27(23(5)18-31(28)7)29-20(2)12-10-13-21(29)3/h8-18H,1-7H3/q+1. The molecule has 1 nitrogen and oxygen atoms in total. The van der Waals surface area contributed by atoms with Crippen LogP contribution in [-0.4, -0.2) is 0 Å². The van der Waals surface area contributed by atoms with Gasteiger partial charge in [-0.3, -0.25) is 0 Å². The van der Waals surface area contributed by atoms with Gasteiger partial charge in [-0.15, -0.1) is 0 Å². The van der Waals surface area contributed by atoms with Crippen molar-refractivity contribution in [2.75, 3.05) is 0 Å². The largest absolute Gasteiger partial charge is 0.213 e. The molecule has 0 saturated heterocycles. The maximum absolute atomic E-state index is 2.38. The zero-order valence-electron chi connectivity index (χ0n) is 19.8. The molecule has 1 heterocycles. The fourth-order valence-electron chi connectivity index (χ4n) is 4.95. The number of nitrogens with zero attached hydrogens (tertiary/aromatic N) is 1. The van der Waals surface area contributed by atoms with E-state index < -0.39 is 0 Å². The van der Waals surface area contributed by atoms with Gasteiger partial charge in [0.05, 0.1) is 0 Å². The predicted octanol–water partition coefficient (Wildman–Crippen LogP) is 7.36. The third kappa shape index (κ3) is 3.70. The second-order valence-electron chi connectivity index (χ2n) is 8.88. The Morgan fingerprint density at radius 3 is 1.81 bits per heavy atom. The SMILES string of the molecule is Cc1c[n+](C)c(-c2ccc(C)c(-c3ccccc3C)c2C)cc1-c1c(C)cccc1C. The zero-order valence-corrected chi connectivity index (χ0v) is 19.8. The van der Waals surface area contributed by atoms with E-state index >= 15 is 0 Å². The summed E-state index contributed by atoms with van der Waals surface area (Å²) in [5.74, 6) is 0. The van der Waals surface area contributed by atoms with Crippen molar-refractivity contribution in [3.8, 4) is 33.5 Å². The highest BCUT2D eigenvalue weighted by Gasteiger charge is 2.21. The van der Waals surface area contributed by atoms with E-state index in [0.29, 0.717) is 0 Å². The predicted molar refractivity (Wildman–Crippen MR) is 132 cm³/mol. The first-order chi connectivity index (χ1) is 14.8. The summed E-state index contributed by atoms with van der Waals surface area (Å²) < 4.78 is 2.27. The molecule has 4 aromatic rings. The van der Waals surface area contributed by atoms with Crippen molar-refractivity contribution in [2.24, 2.45) is 7.05 Å². The second-order valence-corrected chi connectivity index (χ2v) is 8.88.